The summed E-state index contributed by atoms with van der Waals surface area (Å²) in [6, 6.07) is 13.4. The molecule has 1 aliphatic heterocycles. The summed E-state index contributed by atoms with van der Waals surface area (Å²) in [6.07, 6.45) is 1.39. The van der Waals surface area contributed by atoms with E-state index in [4.69, 9.17) is 0 Å². The summed E-state index contributed by atoms with van der Waals surface area (Å²) >= 11 is 4.17. The maximum atomic E-state index is 12.5. The maximum absolute atomic E-state index is 12.5. The second-order valence-corrected chi connectivity index (χ2v) is 7.02. The van der Waals surface area contributed by atoms with Crippen molar-refractivity contribution in [1.82, 2.24) is 4.90 Å². The predicted octanol–water partition coefficient (Wildman–Crippen LogP) is 4.59. The van der Waals surface area contributed by atoms with Crippen LogP contribution in [-0.4, -0.2) is 21.0 Å². The van der Waals surface area contributed by atoms with E-state index in [0.29, 0.717) is 5.56 Å². The van der Waals surface area contributed by atoms with Crippen LogP contribution in [0.3, 0.4) is 0 Å². The number of rotatable bonds is 4. The molecule has 0 spiro atoms. The van der Waals surface area contributed by atoms with Crippen LogP contribution in [0.25, 0.3) is 6.08 Å². The van der Waals surface area contributed by atoms with Gasteiger partial charge in [-0.1, -0.05) is 46.3 Å². The fourth-order valence-corrected chi connectivity index (χ4v) is 3.59. The Labute approximate surface area is 155 Å². The minimum atomic E-state index is -0.517. The lowest BCUT2D eigenvalue weighted by Crippen LogP contribution is -2.27. The van der Waals surface area contributed by atoms with Crippen LogP contribution in [0.1, 0.15) is 11.1 Å². The first kappa shape index (κ1) is 17.4. The van der Waals surface area contributed by atoms with Crippen molar-refractivity contribution < 1.29 is 14.5 Å². The van der Waals surface area contributed by atoms with Gasteiger partial charge in [0.1, 0.15) is 0 Å². The summed E-state index contributed by atoms with van der Waals surface area (Å²) in [5.41, 5.74) is 0.982. The van der Waals surface area contributed by atoms with Crippen molar-refractivity contribution in [3.63, 3.8) is 0 Å². The van der Waals surface area contributed by atoms with Crippen molar-refractivity contribution in [1.29, 1.82) is 0 Å². The number of hydrogen-bond donors (Lipinski definition) is 0. The van der Waals surface area contributed by atoms with Gasteiger partial charge in [-0.05, 0) is 35.5 Å². The first-order valence-electron chi connectivity index (χ1n) is 7.19. The third-order valence-electron chi connectivity index (χ3n) is 3.58. The van der Waals surface area contributed by atoms with Crippen LogP contribution in [0.2, 0.25) is 0 Å². The highest BCUT2D eigenvalue weighted by Gasteiger charge is 2.35. The number of amides is 2. The van der Waals surface area contributed by atoms with Crippen molar-refractivity contribution in [2.24, 2.45) is 0 Å². The number of carbonyl (C=O) groups excluding carboxylic acids is 2. The molecule has 0 aliphatic carbocycles. The Bertz CT molecular complexity index is 913. The highest BCUT2D eigenvalue weighted by molar-refractivity contribution is 9.10. The number of nitro benzene ring substituents is 1. The summed E-state index contributed by atoms with van der Waals surface area (Å²) < 4.78 is 0.803. The van der Waals surface area contributed by atoms with E-state index in [1.807, 2.05) is 24.3 Å². The largest absolute Gasteiger partial charge is 0.293 e. The second-order valence-electron chi connectivity index (χ2n) is 5.18. The van der Waals surface area contributed by atoms with Crippen LogP contribution < -0.4 is 0 Å². The van der Waals surface area contributed by atoms with E-state index in [-0.39, 0.29) is 17.1 Å². The average Bonchev–Trinajstić information content (AvgIpc) is 2.84. The Balaban J connectivity index is 1.89. The first-order valence-corrected chi connectivity index (χ1v) is 8.80. The monoisotopic (exact) mass is 418 g/mol. The van der Waals surface area contributed by atoms with Gasteiger partial charge in [0, 0.05) is 10.5 Å². The number of imide groups is 1. The summed E-state index contributed by atoms with van der Waals surface area (Å²) in [5, 5.41) is 10.7. The number of nitro groups is 1. The van der Waals surface area contributed by atoms with Gasteiger partial charge in [0.2, 0.25) is 0 Å². The van der Waals surface area contributed by atoms with E-state index < -0.39 is 16.1 Å². The van der Waals surface area contributed by atoms with Gasteiger partial charge in [0.15, 0.2) is 0 Å². The zero-order valence-electron chi connectivity index (χ0n) is 12.7. The molecule has 6 nitrogen and oxygen atoms in total. The van der Waals surface area contributed by atoms with E-state index in [1.54, 1.807) is 18.2 Å². The minimum Gasteiger partial charge on any atom is -0.268 e. The third-order valence-corrected chi connectivity index (χ3v) is 5.26. The molecule has 3 rings (SSSR count). The molecular formula is C17H11BrN2O4S. The fraction of sp³-hybridized carbons (Fsp3) is 0.0588. The Hall–Kier alpha value is -2.45. The van der Waals surface area contributed by atoms with E-state index in [0.717, 1.165) is 26.7 Å². The quantitative estimate of drug-likeness (QED) is 0.411. The Morgan fingerprint density at radius 1 is 1.12 bits per heavy atom. The number of para-hydroxylation sites is 1. The molecule has 2 aromatic carbocycles. The van der Waals surface area contributed by atoms with Crippen LogP contribution in [-0.2, 0) is 11.3 Å². The van der Waals surface area contributed by atoms with Crippen molar-refractivity contribution in [2.45, 2.75) is 6.54 Å². The van der Waals surface area contributed by atoms with Gasteiger partial charge in [0.05, 0.1) is 21.9 Å². The van der Waals surface area contributed by atoms with Crippen LogP contribution >= 0.6 is 27.7 Å². The van der Waals surface area contributed by atoms with Crippen LogP contribution in [0.5, 0.6) is 0 Å². The lowest BCUT2D eigenvalue weighted by Gasteiger charge is -2.13. The summed E-state index contributed by atoms with van der Waals surface area (Å²) in [7, 11) is 0. The summed E-state index contributed by atoms with van der Waals surface area (Å²) in [4.78, 5) is 36.6. The zero-order valence-corrected chi connectivity index (χ0v) is 15.1. The van der Waals surface area contributed by atoms with E-state index in [2.05, 4.69) is 15.9 Å². The fourth-order valence-electron chi connectivity index (χ4n) is 2.35. The van der Waals surface area contributed by atoms with Gasteiger partial charge in [-0.25, -0.2) is 0 Å². The van der Waals surface area contributed by atoms with Gasteiger partial charge in [-0.2, -0.15) is 0 Å². The molecule has 1 fully saturated rings. The molecule has 0 saturated carbocycles. The van der Waals surface area contributed by atoms with Gasteiger partial charge in [0.25, 0.3) is 16.8 Å². The molecule has 8 heteroatoms. The highest BCUT2D eigenvalue weighted by Crippen LogP contribution is 2.35. The average molecular weight is 419 g/mol. The molecule has 1 heterocycles. The summed E-state index contributed by atoms with van der Waals surface area (Å²) in [5.74, 6) is -0.455. The number of thioether (sulfide) groups is 1. The topological polar surface area (TPSA) is 80.5 Å². The van der Waals surface area contributed by atoms with Crippen molar-refractivity contribution in [3.05, 3.63) is 79.2 Å². The minimum absolute atomic E-state index is 0.111. The number of halogens is 1. The molecule has 1 aliphatic rings. The van der Waals surface area contributed by atoms with Crippen LogP contribution in [0, 0.1) is 10.1 Å². The van der Waals surface area contributed by atoms with Gasteiger partial charge in [-0.3, -0.25) is 24.6 Å². The lowest BCUT2D eigenvalue weighted by molar-refractivity contribution is -0.385. The number of nitrogens with zero attached hydrogens (tertiary/aromatic N) is 2. The van der Waals surface area contributed by atoms with E-state index in [9.17, 15) is 19.7 Å². The molecule has 0 aromatic heterocycles. The van der Waals surface area contributed by atoms with Gasteiger partial charge < -0.3 is 0 Å². The van der Waals surface area contributed by atoms with Crippen molar-refractivity contribution in [2.75, 3.05) is 0 Å². The molecule has 0 bridgehead atoms. The summed E-state index contributed by atoms with van der Waals surface area (Å²) in [6.45, 7) is 0.139. The lowest BCUT2D eigenvalue weighted by atomic mass is 10.1. The van der Waals surface area contributed by atoms with E-state index in [1.165, 1.54) is 12.1 Å². The third kappa shape index (κ3) is 3.64. The normalized spacial score (nSPS) is 15.9. The molecular weight excluding hydrogens is 408 g/mol. The van der Waals surface area contributed by atoms with Crippen LogP contribution in [0.15, 0.2) is 57.9 Å². The standard InChI is InChI=1S/C17H11BrN2O4S/c18-13-7-3-1-6-12(13)10-19-16(21)15(25-17(19)22)9-11-5-2-4-8-14(11)20(23)24/h1-9H,10H2/b15-9-. The Morgan fingerprint density at radius 2 is 1.80 bits per heavy atom. The first-order chi connectivity index (χ1) is 12.0. The molecule has 2 amide bonds. The maximum Gasteiger partial charge on any atom is 0.293 e. The molecule has 0 N–H and O–H groups in total. The molecule has 126 valence electrons. The molecule has 25 heavy (non-hydrogen) atoms. The number of hydrogen-bond acceptors (Lipinski definition) is 5. The van der Waals surface area contributed by atoms with Crippen molar-refractivity contribution in [3.8, 4) is 0 Å². The highest BCUT2D eigenvalue weighted by atomic mass is 79.9. The Morgan fingerprint density at radius 3 is 2.52 bits per heavy atom. The predicted molar refractivity (Wildman–Crippen MR) is 98.8 cm³/mol. The number of carbonyl (C=O) groups is 2. The number of benzene rings is 2. The van der Waals surface area contributed by atoms with Gasteiger partial charge in [-0.15, -0.1) is 0 Å². The van der Waals surface area contributed by atoms with Crippen molar-refractivity contribution >= 4 is 50.6 Å². The van der Waals surface area contributed by atoms with E-state index >= 15 is 0 Å². The second kappa shape index (κ2) is 7.20. The molecule has 0 radical (unpaired) electrons. The molecule has 0 unspecified atom stereocenters. The molecule has 2 aromatic rings. The smallest absolute Gasteiger partial charge is 0.268 e. The van der Waals surface area contributed by atoms with Gasteiger partial charge >= 0.3 is 0 Å². The SMILES string of the molecule is O=C1S/C(=C\c2ccccc2[N+](=O)[O-])C(=O)N1Cc1ccccc1Br. The Kier molecular flexibility index (Phi) is 5.00. The zero-order chi connectivity index (χ0) is 18.0. The molecule has 1 saturated heterocycles. The molecule has 0 atom stereocenters. The van der Waals surface area contributed by atoms with Crippen LogP contribution in [0.4, 0.5) is 10.5 Å².